The molecule has 0 spiro atoms. The Balaban J connectivity index is 2.70. The van der Waals surface area contributed by atoms with Gasteiger partial charge in [-0.25, -0.2) is 4.79 Å². The maximum Gasteiger partial charge on any atom is 0.354 e. The minimum absolute atomic E-state index is 0.112. The molecule has 126 valence electrons. The molecule has 7 heteroatoms. The third kappa shape index (κ3) is 6.40. The second-order valence-electron chi connectivity index (χ2n) is 4.41. The van der Waals surface area contributed by atoms with Crippen molar-refractivity contribution in [2.24, 2.45) is 0 Å². The van der Waals surface area contributed by atoms with Crippen molar-refractivity contribution in [2.45, 2.75) is 20.8 Å². The van der Waals surface area contributed by atoms with Crippen molar-refractivity contribution in [3.8, 4) is 5.75 Å². The zero-order valence-electron chi connectivity index (χ0n) is 13.4. The molecular weight excluding hydrogens is 319 g/mol. The first-order valence-corrected chi connectivity index (χ1v) is 8.78. The number of rotatable bonds is 8. The highest BCUT2D eigenvalue weighted by atomic mass is 31.2. The number of aromatic hydroxyl groups is 1. The summed E-state index contributed by atoms with van der Waals surface area (Å²) < 4.78 is 27.3. The van der Waals surface area contributed by atoms with Crippen LogP contribution in [-0.4, -0.2) is 18.3 Å². The molecule has 23 heavy (non-hydrogen) atoms. The molecule has 0 aliphatic carbocycles. The summed E-state index contributed by atoms with van der Waals surface area (Å²) in [5.41, 5.74) is -0.411. The van der Waals surface area contributed by atoms with E-state index >= 15 is 0 Å². The molecule has 0 aliphatic rings. The van der Waals surface area contributed by atoms with Crippen LogP contribution in [0.4, 0.5) is 0 Å². The Hall–Kier alpha value is -1.88. The van der Waals surface area contributed by atoms with Crippen molar-refractivity contribution in [3.05, 3.63) is 57.9 Å². The number of hydrogen-bond acceptors (Lipinski definition) is 6. The fourth-order valence-corrected chi connectivity index (χ4v) is 2.84. The van der Waals surface area contributed by atoms with Gasteiger partial charge in [-0.1, -0.05) is 24.3 Å². The van der Waals surface area contributed by atoms with Crippen molar-refractivity contribution in [2.75, 3.05) is 13.2 Å². The zero-order valence-corrected chi connectivity index (χ0v) is 14.3. The molecule has 0 atom stereocenters. The molecule has 0 saturated carbocycles. The Bertz CT molecular complexity index is 689. The van der Waals surface area contributed by atoms with Gasteiger partial charge in [-0.05, 0) is 26.8 Å². The molecule has 0 fully saturated rings. The Morgan fingerprint density at radius 2 is 1.78 bits per heavy atom. The molecule has 1 aromatic heterocycles. The number of allylic oxidation sites excluding steroid dienone is 4. The SMILES string of the molecule is CCOP(=O)(/C=C/C=C/C=C/c1cc(O)c(C)c(=O)o1)OCC. The third-order valence-electron chi connectivity index (χ3n) is 2.66. The van der Waals surface area contributed by atoms with Crippen LogP contribution in [0, 0.1) is 6.92 Å². The van der Waals surface area contributed by atoms with Gasteiger partial charge in [0.15, 0.2) is 0 Å². The van der Waals surface area contributed by atoms with Crippen LogP contribution in [0.5, 0.6) is 5.75 Å². The molecule has 1 aromatic rings. The van der Waals surface area contributed by atoms with E-state index in [-0.39, 0.29) is 17.1 Å². The van der Waals surface area contributed by atoms with E-state index in [0.717, 1.165) is 0 Å². The van der Waals surface area contributed by atoms with E-state index in [1.54, 1.807) is 38.2 Å². The summed E-state index contributed by atoms with van der Waals surface area (Å²) >= 11 is 0. The normalized spacial score (nSPS) is 12.8. The van der Waals surface area contributed by atoms with E-state index in [9.17, 15) is 14.5 Å². The molecule has 0 unspecified atom stereocenters. The summed E-state index contributed by atoms with van der Waals surface area (Å²) in [4.78, 5) is 11.4. The van der Waals surface area contributed by atoms with Gasteiger partial charge < -0.3 is 18.6 Å². The summed E-state index contributed by atoms with van der Waals surface area (Å²) in [5.74, 6) is 1.50. The molecule has 0 saturated heterocycles. The first kappa shape index (κ1) is 19.2. The van der Waals surface area contributed by atoms with Crippen LogP contribution in [0.15, 0.2) is 45.4 Å². The van der Waals surface area contributed by atoms with Crippen molar-refractivity contribution in [1.82, 2.24) is 0 Å². The van der Waals surface area contributed by atoms with Crippen LogP contribution in [0.25, 0.3) is 6.08 Å². The van der Waals surface area contributed by atoms with Crippen molar-refractivity contribution < 1.29 is 23.1 Å². The maximum absolute atomic E-state index is 12.1. The topological polar surface area (TPSA) is 86.0 Å². The first-order chi connectivity index (χ1) is 10.9. The summed E-state index contributed by atoms with van der Waals surface area (Å²) in [6.45, 7) is 5.54. The lowest BCUT2D eigenvalue weighted by atomic mass is 10.2. The van der Waals surface area contributed by atoms with Crippen LogP contribution in [-0.2, 0) is 13.6 Å². The van der Waals surface area contributed by atoms with E-state index in [4.69, 9.17) is 13.5 Å². The van der Waals surface area contributed by atoms with Gasteiger partial charge in [0, 0.05) is 11.9 Å². The van der Waals surface area contributed by atoms with Crippen LogP contribution in [0.1, 0.15) is 25.2 Å². The fourth-order valence-electron chi connectivity index (χ4n) is 1.56. The van der Waals surface area contributed by atoms with Crippen LogP contribution >= 0.6 is 7.60 Å². The lowest BCUT2D eigenvalue weighted by Gasteiger charge is -2.11. The lowest BCUT2D eigenvalue weighted by Crippen LogP contribution is -2.03. The van der Waals surface area contributed by atoms with E-state index in [1.807, 2.05) is 0 Å². The average Bonchev–Trinajstić information content (AvgIpc) is 2.48. The zero-order chi connectivity index (χ0) is 17.3. The standard InChI is InChI=1S/C16H21O6P/c1-4-20-23(19,21-5-2)11-9-7-6-8-10-14-12-15(17)13(3)16(18)22-14/h6-12,17H,4-5H2,1-3H3/b7-6+,10-8+,11-9+. The van der Waals surface area contributed by atoms with Crippen molar-refractivity contribution in [3.63, 3.8) is 0 Å². The van der Waals surface area contributed by atoms with Gasteiger partial charge in [0.2, 0.25) is 0 Å². The quantitative estimate of drug-likeness (QED) is 0.568. The second-order valence-corrected chi connectivity index (χ2v) is 6.30. The second kappa shape index (κ2) is 9.30. The van der Waals surface area contributed by atoms with Crippen LogP contribution in [0.3, 0.4) is 0 Å². The molecule has 0 bridgehead atoms. The molecule has 0 aliphatic heterocycles. The molecule has 1 heterocycles. The molecule has 0 amide bonds. The number of hydrogen-bond donors (Lipinski definition) is 1. The van der Waals surface area contributed by atoms with Gasteiger partial charge in [-0.3, -0.25) is 4.57 Å². The van der Waals surface area contributed by atoms with Gasteiger partial charge in [0.25, 0.3) is 0 Å². The highest BCUT2D eigenvalue weighted by Gasteiger charge is 2.17. The molecule has 1 rings (SSSR count). The summed E-state index contributed by atoms with van der Waals surface area (Å²) in [6, 6.07) is 1.36. The Morgan fingerprint density at radius 3 is 2.35 bits per heavy atom. The van der Waals surface area contributed by atoms with Gasteiger partial charge in [-0.15, -0.1) is 0 Å². The molecule has 0 radical (unpaired) electrons. The maximum atomic E-state index is 12.1. The van der Waals surface area contributed by atoms with E-state index in [2.05, 4.69) is 0 Å². The lowest BCUT2D eigenvalue weighted by molar-refractivity contribution is 0.229. The highest BCUT2D eigenvalue weighted by Crippen LogP contribution is 2.49. The Morgan fingerprint density at radius 1 is 1.17 bits per heavy atom. The predicted octanol–water partition coefficient (Wildman–Crippen LogP) is 4.00. The Kier molecular flexibility index (Phi) is 7.75. The highest BCUT2D eigenvalue weighted by molar-refractivity contribution is 7.57. The van der Waals surface area contributed by atoms with Gasteiger partial charge in [0.1, 0.15) is 11.5 Å². The minimum Gasteiger partial charge on any atom is -0.507 e. The molecule has 0 aromatic carbocycles. The fraction of sp³-hybridized carbons (Fsp3) is 0.312. The van der Waals surface area contributed by atoms with E-state index in [0.29, 0.717) is 13.2 Å². The summed E-state index contributed by atoms with van der Waals surface area (Å²) in [7, 11) is -3.19. The third-order valence-corrected chi connectivity index (χ3v) is 4.43. The monoisotopic (exact) mass is 340 g/mol. The minimum atomic E-state index is -3.19. The van der Waals surface area contributed by atoms with Crippen LogP contribution in [0.2, 0.25) is 0 Å². The smallest absolute Gasteiger partial charge is 0.354 e. The van der Waals surface area contributed by atoms with Gasteiger partial charge in [-0.2, -0.15) is 0 Å². The molecule has 1 N–H and O–H groups in total. The van der Waals surface area contributed by atoms with Gasteiger partial charge in [0.05, 0.1) is 18.8 Å². The van der Waals surface area contributed by atoms with E-state index < -0.39 is 13.2 Å². The van der Waals surface area contributed by atoms with Crippen molar-refractivity contribution in [1.29, 1.82) is 0 Å². The summed E-state index contributed by atoms with van der Waals surface area (Å²) in [5, 5.41) is 9.53. The molecule has 6 nitrogen and oxygen atoms in total. The van der Waals surface area contributed by atoms with E-state index in [1.165, 1.54) is 24.9 Å². The van der Waals surface area contributed by atoms with Crippen molar-refractivity contribution >= 4 is 13.7 Å². The summed E-state index contributed by atoms with van der Waals surface area (Å²) in [6.07, 6.45) is 7.97. The average molecular weight is 340 g/mol. The first-order valence-electron chi connectivity index (χ1n) is 7.17. The predicted molar refractivity (Wildman–Crippen MR) is 89.6 cm³/mol. The molecular formula is C16H21O6P. The largest absolute Gasteiger partial charge is 0.507 e. The Labute approximate surface area is 135 Å². The van der Waals surface area contributed by atoms with Gasteiger partial charge >= 0.3 is 13.2 Å². The van der Waals surface area contributed by atoms with Crippen LogP contribution < -0.4 is 5.63 Å².